The highest BCUT2D eigenvalue weighted by Gasteiger charge is 2.46. The number of carbonyl (C=O) groups is 2. The number of hydrogen-bond acceptors (Lipinski definition) is 7. The molecular weight excluding hydrogens is 348 g/mol. The maximum absolute atomic E-state index is 12.9. The molecule has 2 saturated carbocycles. The van der Waals surface area contributed by atoms with Crippen LogP contribution >= 0.6 is 0 Å². The number of aliphatic hydroxyl groups is 1. The smallest absolute Gasteiger partial charge is 0.240 e. The molecule has 2 heterocycles. The first-order chi connectivity index (χ1) is 13.0. The van der Waals surface area contributed by atoms with E-state index in [2.05, 4.69) is 15.5 Å². The number of rotatable bonds is 7. The predicted molar refractivity (Wildman–Crippen MR) is 96.2 cm³/mol. The van der Waals surface area contributed by atoms with Gasteiger partial charge in [0.05, 0.1) is 19.2 Å². The van der Waals surface area contributed by atoms with Crippen molar-refractivity contribution in [3.8, 4) is 0 Å². The van der Waals surface area contributed by atoms with Crippen molar-refractivity contribution in [2.45, 2.75) is 75.3 Å². The lowest BCUT2D eigenvalue weighted by molar-refractivity contribution is -0.130. The van der Waals surface area contributed by atoms with Gasteiger partial charge in [0, 0.05) is 17.5 Å². The Balaban J connectivity index is 1.40. The molecule has 1 amide bonds. The molecule has 4 rings (SSSR count). The number of ketones is 1. The fourth-order valence-corrected chi connectivity index (χ4v) is 4.26. The summed E-state index contributed by atoms with van der Waals surface area (Å²) in [5, 5.41) is 16.8. The Hall–Kier alpha value is -1.80. The Labute approximate surface area is 158 Å². The van der Waals surface area contributed by atoms with E-state index in [1.807, 2.05) is 6.92 Å². The van der Waals surface area contributed by atoms with E-state index in [1.165, 1.54) is 0 Å². The lowest BCUT2D eigenvalue weighted by atomic mass is 9.99. The van der Waals surface area contributed by atoms with Crippen molar-refractivity contribution in [2.75, 3.05) is 19.7 Å². The van der Waals surface area contributed by atoms with Gasteiger partial charge in [-0.05, 0) is 38.5 Å². The van der Waals surface area contributed by atoms with Crippen LogP contribution in [0.4, 0.5) is 0 Å². The van der Waals surface area contributed by atoms with E-state index >= 15 is 0 Å². The molecule has 1 aliphatic heterocycles. The summed E-state index contributed by atoms with van der Waals surface area (Å²) >= 11 is 0. The Morgan fingerprint density at radius 3 is 2.67 bits per heavy atom. The molecule has 1 aromatic heterocycles. The molecule has 27 heavy (non-hydrogen) atoms. The second-order valence-corrected chi connectivity index (χ2v) is 8.59. The molecule has 148 valence electrons. The van der Waals surface area contributed by atoms with Crippen LogP contribution < -0.4 is 5.32 Å². The molecular formula is C19H28N4O4. The molecule has 1 atom stereocenters. The summed E-state index contributed by atoms with van der Waals surface area (Å²) in [6.07, 6.45) is 7.28. The fraction of sp³-hybridized carbons (Fsp3) is 0.789. The second-order valence-electron chi connectivity index (χ2n) is 8.59. The average molecular weight is 376 g/mol. The molecule has 1 aromatic rings. The Morgan fingerprint density at radius 1 is 1.26 bits per heavy atom. The van der Waals surface area contributed by atoms with E-state index in [-0.39, 0.29) is 41.6 Å². The van der Waals surface area contributed by atoms with Crippen LogP contribution in [0.2, 0.25) is 0 Å². The monoisotopic (exact) mass is 376 g/mol. The largest absolute Gasteiger partial charge is 0.394 e. The van der Waals surface area contributed by atoms with Crippen LogP contribution in [0, 0.1) is 0 Å². The third-order valence-electron chi connectivity index (χ3n) is 6.52. The summed E-state index contributed by atoms with van der Waals surface area (Å²) in [5.41, 5.74) is -0.433. The molecule has 8 nitrogen and oxygen atoms in total. The number of nitrogens with zero attached hydrogens (tertiary/aromatic N) is 3. The summed E-state index contributed by atoms with van der Waals surface area (Å²) in [4.78, 5) is 31.5. The Morgan fingerprint density at radius 2 is 2.00 bits per heavy atom. The lowest BCUT2D eigenvalue weighted by Crippen LogP contribution is -2.52. The molecule has 8 heteroatoms. The highest BCUT2D eigenvalue weighted by Crippen LogP contribution is 2.46. The topological polar surface area (TPSA) is 109 Å². The van der Waals surface area contributed by atoms with Crippen LogP contribution in [-0.4, -0.2) is 63.1 Å². The van der Waals surface area contributed by atoms with Gasteiger partial charge in [-0.3, -0.25) is 9.59 Å². The number of hydrogen-bond donors (Lipinski definition) is 2. The fourth-order valence-electron chi connectivity index (χ4n) is 4.26. The van der Waals surface area contributed by atoms with E-state index in [0.717, 1.165) is 44.9 Å². The van der Waals surface area contributed by atoms with Gasteiger partial charge in [0.2, 0.25) is 23.4 Å². The van der Waals surface area contributed by atoms with Crippen molar-refractivity contribution in [3.05, 3.63) is 11.7 Å². The predicted octanol–water partition coefficient (Wildman–Crippen LogP) is 1.19. The van der Waals surface area contributed by atoms with E-state index in [9.17, 15) is 14.7 Å². The maximum atomic E-state index is 12.9. The van der Waals surface area contributed by atoms with E-state index in [0.29, 0.717) is 18.9 Å². The SMILES string of the molecule is CC1(c2nc(C(=O)C3CCCN3C(=O)CNC3(CO)CCCC3)no2)CC1. The molecule has 3 aliphatic rings. The van der Waals surface area contributed by atoms with Gasteiger partial charge >= 0.3 is 0 Å². The molecule has 0 aromatic carbocycles. The van der Waals surface area contributed by atoms with E-state index in [4.69, 9.17) is 4.52 Å². The third kappa shape index (κ3) is 3.52. The van der Waals surface area contributed by atoms with E-state index < -0.39 is 6.04 Å². The molecule has 2 N–H and O–H groups in total. The molecule has 2 aliphatic carbocycles. The van der Waals surface area contributed by atoms with Crippen molar-refractivity contribution in [1.29, 1.82) is 0 Å². The minimum absolute atomic E-state index is 0.0348. The highest BCUT2D eigenvalue weighted by molar-refractivity contribution is 5.99. The number of aliphatic hydroxyl groups excluding tert-OH is 1. The summed E-state index contributed by atoms with van der Waals surface area (Å²) < 4.78 is 5.29. The first kappa shape index (κ1) is 18.6. The van der Waals surface area contributed by atoms with Gasteiger partial charge in [-0.1, -0.05) is 24.9 Å². The number of aromatic nitrogens is 2. The highest BCUT2D eigenvalue weighted by atomic mass is 16.5. The van der Waals surface area contributed by atoms with Gasteiger partial charge < -0.3 is 19.8 Å². The van der Waals surface area contributed by atoms with Crippen LogP contribution in [0.15, 0.2) is 4.52 Å². The second kappa shape index (κ2) is 6.98. The number of nitrogens with one attached hydrogen (secondary N) is 1. The van der Waals surface area contributed by atoms with Crippen molar-refractivity contribution in [3.63, 3.8) is 0 Å². The number of likely N-dealkylation sites (tertiary alicyclic amines) is 1. The van der Waals surface area contributed by atoms with Crippen molar-refractivity contribution in [2.24, 2.45) is 0 Å². The van der Waals surface area contributed by atoms with Crippen molar-refractivity contribution >= 4 is 11.7 Å². The summed E-state index contributed by atoms with van der Waals surface area (Å²) in [7, 11) is 0. The average Bonchev–Trinajstić information content (AvgIpc) is 3.19. The number of carbonyl (C=O) groups excluding carboxylic acids is 2. The minimum Gasteiger partial charge on any atom is -0.394 e. The molecule has 1 unspecified atom stereocenters. The first-order valence-corrected chi connectivity index (χ1v) is 10.0. The van der Waals surface area contributed by atoms with Crippen molar-refractivity contribution < 1.29 is 19.2 Å². The zero-order chi connectivity index (χ0) is 19.1. The molecule has 0 spiro atoms. The third-order valence-corrected chi connectivity index (χ3v) is 6.52. The normalized spacial score (nSPS) is 25.7. The van der Waals surface area contributed by atoms with Crippen LogP contribution in [-0.2, 0) is 10.2 Å². The zero-order valence-corrected chi connectivity index (χ0v) is 15.9. The molecule has 0 radical (unpaired) electrons. The standard InChI is InChI=1S/C19H28N4O4/c1-18(8-9-18)17-21-16(22-27-17)15(26)13-5-4-10-23(13)14(25)11-20-19(12-24)6-2-3-7-19/h13,20,24H,2-12H2,1H3. The maximum Gasteiger partial charge on any atom is 0.240 e. The summed E-state index contributed by atoms with van der Waals surface area (Å²) in [6.45, 7) is 2.78. The summed E-state index contributed by atoms with van der Waals surface area (Å²) in [5.74, 6) is 0.259. The molecule has 0 bridgehead atoms. The molecule has 3 fully saturated rings. The van der Waals surface area contributed by atoms with Gasteiger partial charge in [-0.15, -0.1) is 0 Å². The van der Waals surface area contributed by atoms with Crippen LogP contribution in [0.25, 0.3) is 0 Å². The van der Waals surface area contributed by atoms with Crippen LogP contribution in [0.3, 0.4) is 0 Å². The van der Waals surface area contributed by atoms with Crippen LogP contribution in [0.5, 0.6) is 0 Å². The Kier molecular flexibility index (Phi) is 4.80. The van der Waals surface area contributed by atoms with Crippen LogP contribution in [0.1, 0.15) is 74.8 Å². The Bertz CT molecular complexity index is 721. The minimum atomic E-state index is -0.523. The lowest BCUT2D eigenvalue weighted by Gasteiger charge is -2.30. The van der Waals surface area contributed by atoms with E-state index in [1.54, 1.807) is 4.90 Å². The van der Waals surface area contributed by atoms with Gasteiger partial charge in [-0.2, -0.15) is 4.98 Å². The van der Waals surface area contributed by atoms with Gasteiger partial charge in [0.1, 0.15) is 0 Å². The quantitative estimate of drug-likeness (QED) is 0.688. The molecule has 1 saturated heterocycles. The number of Topliss-reactive ketones (excluding diaryl/α,β-unsaturated/α-hetero) is 1. The van der Waals surface area contributed by atoms with Gasteiger partial charge in [0.15, 0.2) is 0 Å². The zero-order valence-electron chi connectivity index (χ0n) is 15.9. The first-order valence-electron chi connectivity index (χ1n) is 10.0. The summed E-state index contributed by atoms with van der Waals surface area (Å²) in [6, 6.07) is -0.523. The van der Waals surface area contributed by atoms with Gasteiger partial charge in [-0.25, -0.2) is 0 Å². The number of amides is 1. The van der Waals surface area contributed by atoms with Crippen molar-refractivity contribution in [1.82, 2.24) is 20.4 Å². The van der Waals surface area contributed by atoms with Gasteiger partial charge in [0.25, 0.3) is 0 Å².